The van der Waals surface area contributed by atoms with Crippen LogP contribution in [-0.4, -0.2) is 63.4 Å². The summed E-state index contributed by atoms with van der Waals surface area (Å²) in [5.74, 6) is -1.21. The normalized spacial score (nSPS) is 11.5. The fraction of sp³-hybridized carbons (Fsp3) is 0.400. The number of benzene rings is 1. The molecule has 0 aromatic heterocycles. The second-order valence-corrected chi connectivity index (χ2v) is 5.43. The van der Waals surface area contributed by atoms with Crippen LogP contribution >= 0.6 is 0 Å². The van der Waals surface area contributed by atoms with Gasteiger partial charge in [-0.05, 0) is 24.3 Å². The van der Waals surface area contributed by atoms with E-state index < -0.39 is 11.7 Å². The van der Waals surface area contributed by atoms with Gasteiger partial charge in [-0.2, -0.15) is 0 Å². The maximum atomic E-state index is 12.7. The molecule has 126 valence electrons. The van der Waals surface area contributed by atoms with Crippen LogP contribution in [0, 0.1) is 5.82 Å². The van der Waals surface area contributed by atoms with Gasteiger partial charge < -0.3 is 20.4 Å². The molecule has 0 aliphatic rings. The Morgan fingerprint density at radius 2 is 1.70 bits per heavy atom. The standard InChI is InChI=1S/C15H21FN4O3/c1-19(2)15(23)10-20(3)9-14(22)17-8-13(21)18-12-6-4-11(16)5-7-12/h4-7H,8-10H2,1-3H3,(H,17,22)(H,18,21)/p+1. The van der Waals surface area contributed by atoms with Gasteiger partial charge in [-0.1, -0.05) is 0 Å². The number of carbonyl (C=O) groups excluding carboxylic acids is 3. The Kier molecular flexibility index (Phi) is 7.14. The summed E-state index contributed by atoms with van der Waals surface area (Å²) in [4.78, 5) is 37.1. The molecule has 0 heterocycles. The third-order valence-corrected chi connectivity index (χ3v) is 2.99. The highest BCUT2D eigenvalue weighted by molar-refractivity contribution is 5.94. The van der Waals surface area contributed by atoms with Crippen molar-refractivity contribution in [3.63, 3.8) is 0 Å². The maximum Gasteiger partial charge on any atom is 0.277 e. The van der Waals surface area contributed by atoms with Crippen molar-refractivity contribution in [1.29, 1.82) is 0 Å². The lowest BCUT2D eigenvalue weighted by Gasteiger charge is -2.16. The van der Waals surface area contributed by atoms with E-state index in [-0.39, 0.29) is 31.4 Å². The molecule has 1 unspecified atom stereocenters. The number of nitrogens with zero attached hydrogens (tertiary/aromatic N) is 1. The van der Waals surface area contributed by atoms with Crippen LogP contribution in [0.15, 0.2) is 24.3 Å². The second kappa shape index (κ2) is 8.84. The molecular weight excluding hydrogens is 303 g/mol. The lowest BCUT2D eigenvalue weighted by molar-refractivity contribution is -0.862. The molecule has 7 nitrogen and oxygen atoms in total. The SMILES string of the molecule is CN(C)C(=O)C[NH+](C)CC(=O)NCC(=O)Nc1ccc(F)cc1. The molecule has 23 heavy (non-hydrogen) atoms. The number of halogens is 1. The van der Waals surface area contributed by atoms with Gasteiger partial charge >= 0.3 is 0 Å². The first kappa shape index (κ1) is 18.6. The highest BCUT2D eigenvalue weighted by atomic mass is 19.1. The van der Waals surface area contributed by atoms with Gasteiger partial charge in [0.2, 0.25) is 5.91 Å². The van der Waals surface area contributed by atoms with Crippen molar-refractivity contribution in [3.05, 3.63) is 30.1 Å². The fourth-order valence-corrected chi connectivity index (χ4v) is 1.73. The van der Waals surface area contributed by atoms with Crippen LogP contribution in [0.3, 0.4) is 0 Å². The van der Waals surface area contributed by atoms with E-state index in [4.69, 9.17) is 0 Å². The van der Waals surface area contributed by atoms with Crippen molar-refractivity contribution in [2.45, 2.75) is 0 Å². The van der Waals surface area contributed by atoms with Gasteiger partial charge in [-0.3, -0.25) is 14.4 Å². The van der Waals surface area contributed by atoms with Crippen LogP contribution in [-0.2, 0) is 14.4 Å². The highest BCUT2D eigenvalue weighted by Gasteiger charge is 2.15. The number of hydrogen-bond donors (Lipinski definition) is 3. The van der Waals surface area contributed by atoms with E-state index in [1.807, 2.05) is 0 Å². The molecule has 8 heteroatoms. The van der Waals surface area contributed by atoms with Crippen LogP contribution < -0.4 is 15.5 Å². The Morgan fingerprint density at radius 1 is 1.09 bits per heavy atom. The lowest BCUT2D eigenvalue weighted by Crippen LogP contribution is -3.11. The average molecular weight is 325 g/mol. The number of likely N-dealkylation sites (N-methyl/N-ethyl adjacent to an activating group) is 2. The summed E-state index contributed by atoms with van der Waals surface area (Å²) < 4.78 is 12.7. The summed E-state index contributed by atoms with van der Waals surface area (Å²) in [6.45, 7) is 0.0940. The van der Waals surface area contributed by atoms with Gasteiger partial charge in [0.15, 0.2) is 13.1 Å². The predicted octanol–water partition coefficient (Wildman–Crippen LogP) is -1.52. The molecule has 0 bridgehead atoms. The number of quaternary nitrogens is 1. The Bertz CT molecular complexity index is 560. The van der Waals surface area contributed by atoms with Crippen LogP contribution in [0.4, 0.5) is 10.1 Å². The van der Waals surface area contributed by atoms with Crippen molar-refractivity contribution < 1.29 is 23.7 Å². The Hall–Kier alpha value is -2.48. The molecule has 1 rings (SSSR count). The third kappa shape index (κ3) is 7.37. The number of rotatable bonds is 7. The van der Waals surface area contributed by atoms with Crippen molar-refractivity contribution in [1.82, 2.24) is 10.2 Å². The third-order valence-electron chi connectivity index (χ3n) is 2.99. The summed E-state index contributed by atoms with van der Waals surface area (Å²) >= 11 is 0. The molecule has 1 atom stereocenters. The molecule has 1 aromatic rings. The number of amides is 3. The highest BCUT2D eigenvalue weighted by Crippen LogP contribution is 2.07. The van der Waals surface area contributed by atoms with Crippen LogP contribution in [0.5, 0.6) is 0 Å². The topological polar surface area (TPSA) is 83.0 Å². The average Bonchev–Trinajstić information content (AvgIpc) is 2.47. The van der Waals surface area contributed by atoms with Crippen LogP contribution in [0.25, 0.3) is 0 Å². The van der Waals surface area contributed by atoms with Crippen LogP contribution in [0.2, 0.25) is 0 Å². The zero-order chi connectivity index (χ0) is 17.4. The van der Waals surface area contributed by atoms with Gasteiger partial charge in [0.25, 0.3) is 11.8 Å². The first-order valence-corrected chi connectivity index (χ1v) is 7.11. The summed E-state index contributed by atoms with van der Waals surface area (Å²) in [5, 5.41) is 5.01. The molecule has 1 aromatic carbocycles. The first-order chi connectivity index (χ1) is 10.8. The summed E-state index contributed by atoms with van der Waals surface area (Å²) in [7, 11) is 5.02. The fourth-order valence-electron chi connectivity index (χ4n) is 1.73. The second-order valence-electron chi connectivity index (χ2n) is 5.43. The summed E-state index contributed by atoms with van der Waals surface area (Å²) in [6, 6.07) is 5.32. The predicted molar refractivity (Wildman–Crippen MR) is 83.4 cm³/mol. The minimum absolute atomic E-state index is 0.0793. The number of carbonyl (C=O) groups is 3. The quantitative estimate of drug-likeness (QED) is 0.570. The molecule has 0 saturated heterocycles. The Labute approximate surface area is 134 Å². The van der Waals surface area contributed by atoms with E-state index in [2.05, 4.69) is 10.6 Å². The number of anilines is 1. The minimum atomic E-state index is -0.410. The largest absolute Gasteiger partial charge is 0.344 e. The summed E-state index contributed by atoms with van der Waals surface area (Å²) in [6.07, 6.45) is 0. The molecule has 0 radical (unpaired) electrons. The van der Waals surface area contributed by atoms with E-state index in [9.17, 15) is 18.8 Å². The van der Waals surface area contributed by atoms with Gasteiger partial charge in [-0.15, -0.1) is 0 Å². The van der Waals surface area contributed by atoms with Crippen molar-refractivity contribution in [2.24, 2.45) is 0 Å². The monoisotopic (exact) mass is 325 g/mol. The first-order valence-electron chi connectivity index (χ1n) is 7.11. The van der Waals surface area contributed by atoms with E-state index in [1.165, 1.54) is 29.2 Å². The van der Waals surface area contributed by atoms with Crippen molar-refractivity contribution in [3.8, 4) is 0 Å². The van der Waals surface area contributed by atoms with E-state index in [0.29, 0.717) is 5.69 Å². The van der Waals surface area contributed by atoms with E-state index in [1.54, 1.807) is 21.1 Å². The molecule has 0 spiro atoms. The van der Waals surface area contributed by atoms with Gasteiger partial charge in [-0.25, -0.2) is 4.39 Å². The maximum absolute atomic E-state index is 12.7. The van der Waals surface area contributed by atoms with Crippen LogP contribution in [0.1, 0.15) is 0 Å². The van der Waals surface area contributed by atoms with Crippen molar-refractivity contribution >= 4 is 23.4 Å². The smallest absolute Gasteiger partial charge is 0.277 e. The molecule has 0 saturated carbocycles. The Morgan fingerprint density at radius 3 is 2.26 bits per heavy atom. The molecule has 3 amide bonds. The lowest BCUT2D eigenvalue weighted by atomic mass is 10.3. The zero-order valence-corrected chi connectivity index (χ0v) is 13.5. The molecule has 0 fully saturated rings. The van der Waals surface area contributed by atoms with Gasteiger partial charge in [0, 0.05) is 19.8 Å². The Balaban J connectivity index is 2.30. The number of nitrogens with one attached hydrogen (secondary N) is 3. The van der Waals surface area contributed by atoms with Crippen molar-refractivity contribution in [2.75, 3.05) is 46.1 Å². The van der Waals surface area contributed by atoms with E-state index >= 15 is 0 Å². The molecular formula is C15H22FN4O3+. The van der Waals surface area contributed by atoms with Gasteiger partial charge in [0.1, 0.15) is 5.82 Å². The molecule has 3 N–H and O–H groups in total. The molecule has 0 aliphatic heterocycles. The molecule has 0 aliphatic carbocycles. The summed E-state index contributed by atoms with van der Waals surface area (Å²) in [5.41, 5.74) is 0.449. The van der Waals surface area contributed by atoms with Gasteiger partial charge in [0.05, 0.1) is 13.6 Å². The zero-order valence-electron chi connectivity index (χ0n) is 13.5. The minimum Gasteiger partial charge on any atom is -0.344 e. The number of hydrogen-bond acceptors (Lipinski definition) is 3. The van der Waals surface area contributed by atoms with E-state index in [0.717, 1.165) is 4.90 Å².